The summed E-state index contributed by atoms with van der Waals surface area (Å²) in [5.41, 5.74) is 3.34. The Bertz CT molecular complexity index is 1340. The van der Waals surface area contributed by atoms with Crippen LogP contribution < -0.4 is 5.32 Å². The SMILES string of the molecule is O=C(NCc1ccccn1)c1ncc2c(n1)N=C(c1cccc(Cl)c1)c1ccccc1S2. The van der Waals surface area contributed by atoms with Gasteiger partial charge in [0.2, 0.25) is 5.82 Å². The Kier molecular flexibility index (Phi) is 5.66. The number of hydrogen-bond acceptors (Lipinski definition) is 6. The number of carbonyl (C=O) groups is 1. The van der Waals surface area contributed by atoms with E-state index in [9.17, 15) is 4.79 Å². The predicted molar refractivity (Wildman–Crippen MR) is 125 cm³/mol. The fourth-order valence-corrected chi connectivity index (χ4v) is 4.40. The number of hydrogen-bond donors (Lipinski definition) is 1. The van der Waals surface area contributed by atoms with Crippen LogP contribution >= 0.6 is 23.4 Å². The highest BCUT2D eigenvalue weighted by Gasteiger charge is 2.21. The Labute approximate surface area is 193 Å². The number of halogens is 1. The highest BCUT2D eigenvalue weighted by molar-refractivity contribution is 7.99. The van der Waals surface area contributed by atoms with Gasteiger partial charge in [-0.25, -0.2) is 15.0 Å². The molecule has 2 aromatic carbocycles. The molecule has 3 heterocycles. The summed E-state index contributed by atoms with van der Waals surface area (Å²) in [6.45, 7) is 0.289. The van der Waals surface area contributed by atoms with Crippen LogP contribution in [0.1, 0.15) is 27.4 Å². The van der Waals surface area contributed by atoms with Gasteiger partial charge in [-0.15, -0.1) is 0 Å². The summed E-state index contributed by atoms with van der Waals surface area (Å²) in [6.07, 6.45) is 3.32. The Morgan fingerprint density at radius 3 is 2.69 bits per heavy atom. The van der Waals surface area contributed by atoms with Crippen molar-refractivity contribution >= 4 is 40.8 Å². The third-order valence-corrected chi connectivity index (χ3v) is 6.09. The minimum absolute atomic E-state index is 0.0560. The molecule has 0 fully saturated rings. The maximum absolute atomic E-state index is 12.7. The highest BCUT2D eigenvalue weighted by atomic mass is 35.5. The summed E-state index contributed by atoms with van der Waals surface area (Å²) in [4.78, 5) is 32.3. The maximum atomic E-state index is 12.7. The van der Waals surface area contributed by atoms with E-state index in [1.807, 2.05) is 66.7 Å². The molecule has 5 rings (SSSR count). The summed E-state index contributed by atoms with van der Waals surface area (Å²) in [7, 11) is 0. The molecule has 6 nitrogen and oxygen atoms in total. The van der Waals surface area contributed by atoms with Crippen molar-refractivity contribution < 1.29 is 4.79 Å². The second-order valence-electron chi connectivity index (χ2n) is 6.95. The maximum Gasteiger partial charge on any atom is 0.289 e. The van der Waals surface area contributed by atoms with Crippen molar-refractivity contribution in [1.82, 2.24) is 20.3 Å². The van der Waals surface area contributed by atoms with Gasteiger partial charge in [-0.2, -0.15) is 0 Å². The largest absolute Gasteiger partial charge is 0.344 e. The van der Waals surface area contributed by atoms with Crippen LogP contribution in [-0.4, -0.2) is 26.6 Å². The number of aromatic nitrogens is 3. The van der Waals surface area contributed by atoms with Crippen LogP contribution in [0.15, 0.2) is 93.9 Å². The molecule has 32 heavy (non-hydrogen) atoms. The van der Waals surface area contributed by atoms with Crippen molar-refractivity contribution in [3.63, 3.8) is 0 Å². The number of rotatable bonds is 4. The van der Waals surface area contributed by atoms with Crippen LogP contribution in [-0.2, 0) is 6.54 Å². The first-order valence-corrected chi connectivity index (χ1v) is 11.0. The van der Waals surface area contributed by atoms with E-state index in [1.165, 1.54) is 11.8 Å². The molecule has 0 atom stereocenters. The number of aliphatic imine (C=N–C) groups is 1. The Balaban J connectivity index is 1.52. The van der Waals surface area contributed by atoms with E-state index >= 15 is 0 Å². The van der Waals surface area contributed by atoms with Crippen LogP contribution in [0.3, 0.4) is 0 Å². The van der Waals surface area contributed by atoms with Gasteiger partial charge in [0.15, 0.2) is 5.82 Å². The van der Waals surface area contributed by atoms with Crippen molar-refractivity contribution in [3.05, 3.63) is 107 Å². The summed E-state index contributed by atoms with van der Waals surface area (Å²) < 4.78 is 0. The molecule has 0 saturated carbocycles. The molecule has 1 N–H and O–H groups in total. The number of nitrogens with zero attached hydrogens (tertiary/aromatic N) is 4. The molecular formula is C24H16ClN5OS. The molecule has 1 aliphatic heterocycles. The first-order valence-electron chi connectivity index (χ1n) is 9.84. The first kappa shape index (κ1) is 20.4. The lowest BCUT2D eigenvalue weighted by molar-refractivity contribution is 0.0940. The second-order valence-corrected chi connectivity index (χ2v) is 8.47. The molecule has 1 aliphatic rings. The van der Waals surface area contributed by atoms with Crippen molar-refractivity contribution in [1.29, 1.82) is 0 Å². The van der Waals surface area contributed by atoms with Gasteiger partial charge in [0, 0.05) is 33.4 Å². The van der Waals surface area contributed by atoms with E-state index in [4.69, 9.17) is 16.6 Å². The van der Waals surface area contributed by atoms with Gasteiger partial charge in [-0.3, -0.25) is 9.78 Å². The van der Waals surface area contributed by atoms with Crippen LogP contribution in [0.25, 0.3) is 0 Å². The number of carbonyl (C=O) groups excluding carboxylic acids is 1. The zero-order chi connectivity index (χ0) is 21.9. The molecule has 0 saturated heterocycles. The third kappa shape index (κ3) is 4.26. The zero-order valence-electron chi connectivity index (χ0n) is 16.7. The fraction of sp³-hybridized carbons (Fsp3) is 0.0417. The van der Waals surface area contributed by atoms with Gasteiger partial charge in [-0.1, -0.05) is 59.8 Å². The van der Waals surface area contributed by atoms with Crippen LogP contribution in [0.2, 0.25) is 5.02 Å². The van der Waals surface area contributed by atoms with E-state index in [1.54, 1.807) is 12.4 Å². The third-order valence-electron chi connectivity index (χ3n) is 4.77. The normalized spacial score (nSPS) is 12.2. The minimum Gasteiger partial charge on any atom is -0.344 e. The molecule has 0 unspecified atom stereocenters. The van der Waals surface area contributed by atoms with Crippen molar-refractivity contribution in [3.8, 4) is 0 Å². The van der Waals surface area contributed by atoms with E-state index in [0.717, 1.165) is 32.3 Å². The van der Waals surface area contributed by atoms with Gasteiger partial charge < -0.3 is 5.32 Å². The van der Waals surface area contributed by atoms with Gasteiger partial charge in [0.1, 0.15) is 0 Å². The Morgan fingerprint density at radius 1 is 0.969 bits per heavy atom. The average molecular weight is 458 g/mol. The van der Waals surface area contributed by atoms with E-state index in [0.29, 0.717) is 10.8 Å². The van der Waals surface area contributed by atoms with Gasteiger partial charge in [-0.05, 0) is 30.3 Å². The molecular weight excluding hydrogens is 442 g/mol. The molecule has 1 amide bonds. The molecule has 0 radical (unpaired) electrons. The lowest BCUT2D eigenvalue weighted by atomic mass is 10.0. The number of nitrogens with one attached hydrogen (secondary N) is 1. The fourth-order valence-electron chi connectivity index (χ4n) is 3.27. The molecule has 2 aromatic heterocycles. The number of fused-ring (bicyclic) bond motifs is 2. The number of amides is 1. The molecule has 4 aromatic rings. The number of pyridine rings is 1. The summed E-state index contributed by atoms with van der Waals surface area (Å²) in [5.74, 6) is 0.115. The van der Waals surface area contributed by atoms with E-state index < -0.39 is 0 Å². The molecule has 0 spiro atoms. The van der Waals surface area contributed by atoms with Crippen LogP contribution in [0.5, 0.6) is 0 Å². The van der Waals surface area contributed by atoms with Crippen LogP contribution in [0, 0.1) is 0 Å². The number of benzene rings is 2. The van der Waals surface area contributed by atoms with Gasteiger partial charge >= 0.3 is 0 Å². The van der Waals surface area contributed by atoms with Crippen molar-refractivity contribution in [2.45, 2.75) is 16.3 Å². The Hall–Kier alpha value is -3.55. The quantitative estimate of drug-likeness (QED) is 0.406. The smallest absolute Gasteiger partial charge is 0.289 e. The lowest BCUT2D eigenvalue weighted by Crippen LogP contribution is -2.25. The average Bonchev–Trinajstić information content (AvgIpc) is 2.99. The molecule has 0 aliphatic carbocycles. The zero-order valence-corrected chi connectivity index (χ0v) is 18.3. The first-order chi connectivity index (χ1) is 15.7. The van der Waals surface area contributed by atoms with Gasteiger partial charge in [0.05, 0.1) is 22.8 Å². The monoisotopic (exact) mass is 457 g/mol. The van der Waals surface area contributed by atoms with Crippen LogP contribution in [0.4, 0.5) is 5.82 Å². The minimum atomic E-state index is -0.385. The summed E-state index contributed by atoms with van der Waals surface area (Å²) in [5, 5.41) is 3.43. The topological polar surface area (TPSA) is 80.1 Å². The van der Waals surface area contributed by atoms with Gasteiger partial charge in [0.25, 0.3) is 5.91 Å². The molecule has 156 valence electrons. The lowest BCUT2D eigenvalue weighted by Gasteiger charge is -2.09. The summed E-state index contributed by atoms with van der Waals surface area (Å²) in [6, 6.07) is 21.1. The predicted octanol–water partition coefficient (Wildman–Crippen LogP) is 5.09. The van der Waals surface area contributed by atoms with E-state index in [-0.39, 0.29) is 18.3 Å². The Morgan fingerprint density at radius 2 is 1.84 bits per heavy atom. The van der Waals surface area contributed by atoms with Crippen molar-refractivity contribution in [2.75, 3.05) is 0 Å². The standard InChI is InChI=1S/C24H16ClN5OS/c25-16-7-5-6-15(12-16)21-18-9-1-2-10-19(18)32-20-14-27-23(30-22(20)29-21)24(31)28-13-17-8-3-4-11-26-17/h1-12,14H,13H2,(H,28,31). The summed E-state index contributed by atoms with van der Waals surface area (Å²) >= 11 is 7.76. The van der Waals surface area contributed by atoms with E-state index in [2.05, 4.69) is 20.3 Å². The molecule has 0 bridgehead atoms. The molecule has 8 heteroatoms. The van der Waals surface area contributed by atoms with Crippen molar-refractivity contribution in [2.24, 2.45) is 4.99 Å². The second kappa shape index (κ2) is 8.90. The highest BCUT2D eigenvalue weighted by Crippen LogP contribution is 2.40.